The molecular formula is C6H10N2O3S. The lowest BCUT2D eigenvalue weighted by Crippen LogP contribution is -2.50. The molecule has 68 valence electrons. The lowest BCUT2D eigenvalue weighted by atomic mass is 10.2. The smallest absolute Gasteiger partial charge is 0.407 e. The van der Waals surface area contributed by atoms with E-state index in [-0.39, 0.29) is 6.04 Å². The van der Waals surface area contributed by atoms with Crippen LogP contribution in [0.25, 0.3) is 0 Å². The molecule has 0 bridgehead atoms. The molecule has 0 saturated carbocycles. The van der Waals surface area contributed by atoms with Gasteiger partial charge in [0, 0.05) is 19.6 Å². The van der Waals surface area contributed by atoms with Gasteiger partial charge in [-0.2, -0.15) is 0 Å². The molecule has 2 heterocycles. The molecule has 0 aromatic heterocycles. The van der Waals surface area contributed by atoms with E-state index in [1.165, 1.54) is 17.1 Å². The average Bonchev–Trinajstić information content (AvgIpc) is 2.49. The molecule has 1 N–H and O–H groups in total. The molecule has 0 aliphatic carbocycles. The first-order chi connectivity index (χ1) is 5.77. The molecule has 1 amide bonds. The number of hydrogen-bond acceptors (Lipinski definition) is 4. The largest absolute Gasteiger partial charge is 0.465 e. The maximum atomic E-state index is 10.6. The zero-order valence-corrected chi connectivity index (χ0v) is 7.29. The van der Waals surface area contributed by atoms with Gasteiger partial charge in [-0.15, -0.1) is 0 Å². The Kier molecular flexibility index (Phi) is 2.12. The molecule has 2 rings (SSSR count). The number of hydrogen-bond donors (Lipinski definition) is 1. The lowest BCUT2D eigenvalue weighted by molar-refractivity contribution is 0.109. The summed E-state index contributed by atoms with van der Waals surface area (Å²) in [6.45, 7) is 2.56. The van der Waals surface area contributed by atoms with Gasteiger partial charge in [0.15, 0.2) is 0 Å². The van der Waals surface area contributed by atoms with E-state index < -0.39 is 6.09 Å². The topological polar surface area (TPSA) is 53.0 Å². The Morgan fingerprint density at radius 3 is 3.17 bits per heavy atom. The number of carbonyl (C=O) groups is 1. The van der Waals surface area contributed by atoms with Crippen LogP contribution in [0, 0.1) is 0 Å². The summed E-state index contributed by atoms with van der Waals surface area (Å²) < 4.78 is 7.24. The third kappa shape index (κ3) is 1.37. The van der Waals surface area contributed by atoms with Crippen molar-refractivity contribution in [2.24, 2.45) is 0 Å². The van der Waals surface area contributed by atoms with Crippen LogP contribution in [-0.4, -0.2) is 52.7 Å². The van der Waals surface area contributed by atoms with Gasteiger partial charge in [0.25, 0.3) is 0 Å². The molecule has 0 radical (unpaired) electrons. The van der Waals surface area contributed by atoms with Crippen molar-refractivity contribution in [2.45, 2.75) is 6.04 Å². The van der Waals surface area contributed by atoms with Crippen molar-refractivity contribution in [3.63, 3.8) is 0 Å². The third-order valence-electron chi connectivity index (χ3n) is 2.11. The summed E-state index contributed by atoms with van der Waals surface area (Å²) in [4.78, 5) is 12.0. The Morgan fingerprint density at radius 2 is 2.42 bits per heavy atom. The second kappa shape index (κ2) is 3.12. The van der Waals surface area contributed by atoms with E-state index in [0.717, 1.165) is 6.54 Å². The summed E-state index contributed by atoms with van der Waals surface area (Å²) in [5.74, 6) is 0. The predicted molar refractivity (Wildman–Crippen MR) is 43.6 cm³/mol. The number of amides is 1. The minimum atomic E-state index is -0.827. The van der Waals surface area contributed by atoms with Crippen molar-refractivity contribution in [2.75, 3.05) is 26.2 Å². The van der Waals surface area contributed by atoms with E-state index in [1.807, 2.05) is 0 Å². The molecule has 2 saturated heterocycles. The fraction of sp³-hybridized carbons (Fsp3) is 0.833. The molecule has 2 aliphatic heterocycles. The van der Waals surface area contributed by atoms with Crippen LogP contribution in [0.5, 0.6) is 0 Å². The first-order valence-electron chi connectivity index (χ1n) is 3.81. The average molecular weight is 190 g/mol. The molecule has 6 heteroatoms. The monoisotopic (exact) mass is 190 g/mol. The Hall–Kier alpha value is -0.460. The highest BCUT2D eigenvalue weighted by atomic mass is 32.2. The second-order valence-corrected chi connectivity index (χ2v) is 3.74. The molecule has 0 aromatic rings. The maximum Gasteiger partial charge on any atom is 0.407 e. The summed E-state index contributed by atoms with van der Waals surface area (Å²) in [5.41, 5.74) is 0. The fourth-order valence-electron chi connectivity index (χ4n) is 1.42. The molecule has 12 heavy (non-hydrogen) atoms. The lowest BCUT2D eigenvalue weighted by Gasteiger charge is -2.32. The highest BCUT2D eigenvalue weighted by Crippen LogP contribution is 2.27. The molecule has 2 aliphatic rings. The van der Waals surface area contributed by atoms with Crippen molar-refractivity contribution in [3.05, 3.63) is 0 Å². The molecule has 0 spiro atoms. The maximum absolute atomic E-state index is 10.6. The quantitative estimate of drug-likeness (QED) is 0.438. The summed E-state index contributed by atoms with van der Waals surface area (Å²) in [7, 11) is 0. The first-order valence-corrected chi connectivity index (χ1v) is 4.51. The zero-order valence-electron chi connectivity index (χ0n) is 6.47. The number of fused-ring (bicyclic) bond motifs is 1. The fourth-order valence-corrected chi connectivity index (χ4v) is 2.18. The summed E-state index contributed by atoms with van der Waals surface area (Å²) in [5, 5.41) is 8.72. The van der Waals surface area contributed by atoms with Crippen molar-refractivity contribution in [1.82, 2.24) is 9.21 Å². The van der Waals surface area contributed by atoms with Gasteiger partial charge in [0.2, 0.25) is 0 Å². The number of carboxylic acid groups (broad SMARTS) is 1. The SMILES string of the molecule is O=C(O)N1CCN2SOC[C@H]2C1. The molecule has 5 nitrogen and oxygen atoms in total. The van der Waals surface area contributed by atoms with Gasteiger partial charge in [0.1, 0.15) is 0 Å². The van der Waals surface area contributed by atoms with Crippen LogP contribution in [0.4, 0.5) is 4.79 Å². The zero-order chi connectivity index (χ0) is 8.55. The highest BCUT2D eigenvalue weighted by molar-refractivity contribution is 7.92. The Morgan fingerprint density at radius 1 is 1.58 bits per heavy atom. The standard InChI is InChI=1S/C6H10N2O3S/c9-6(10)7-1-2-8-5(3-7)4-11-12-8/h5H,1-4H2,(H,9,10)/t5-/m1/s1. The van der Waals surface area contributed by atoms with Gasteiger partial charge < -0.3 is 10.0 Å². The van der Waals surface area contributed by atoms with Crippen LogP contribution in [0.3, 0.4) is 0 Å². The minimum Gasteiger partial charge on any atom is -0.465 e. The number of rotatable bonds is 0. The van der Waals surface area contributed by atoms with Gasteiger partial charge in [-0.25, -0.2) is 9.10 Å². The predicted octanol–water partition coefficient (Wildman–Crippen LogP) is 0.244. The normalized spacial score (nSPS) is 30.3. The summed E-state index contributed by atoms with van der Waals surface area (Å²) >= 11 is 1.35. The highest BCUT2D eigenvalue weighted by Gasteiger charge is 2.34. The van der Waals surface area contributed by atoms with Crippen LogP contribution in [0.2, 0.25) is 0 Å². The Balaban J connectivity index is 1.96. The Bertz CT molecular complexity index is 201. The molecule has 0 aromatic carbocycles. The molecule has 0 unspecified atom stereocenters. The third-order valence-corrected chi connectivity index (χ3v) is 3.02. The molecular weight excluding hydrogens is 180 g/mol. The van der Waals surface area contributed by atoms with E-state index in [1.54, 1.807) is 0 Å². The number of nitrogens with zero attached hydrogens (tertiary/aromatic N) is 2. The molecule has 1 atom stereocenters. The van der Waals surface area contributed by atoms with Gasteiger partial charge >= 0.3 is 6.09 Å². The van der Waals surface area contributed by atoms with Gasteiger partial charge in [0.05, 0.1) is 24.9 Å². The Labute approximate surface area is 74.6 Å². The van der Waals surface area contributed by atoms with Gasteiger partial charge in [-0.3, -0.25) is 4.18 Å². The first kappa shape index (κ1) is 8.15. The van der Waals surface area contributed by atoms with E-state index >= 15 is 0 Å². The van der Waals surface area contributed by atoms with Crippen LogP contribution < -0.4 is 0 Å². The van der Waals surface area contributed by atoms with E-state index in [2.05, 4.69) is 4.31 Å². The van der Waals surface area contributed by atoms with Crippen molar-refractivity contribution in [1.29, 1.82) is 0 Å². The van der Waals surface area contributed by atoms with E-state index in [4.69, 9.17) is 9.29 Å². The van der Waals surface area contributed by atoms with Gasteiger partial charge in [-0.05, 0) is 0 Å². The second-order valence-electron chi connectivity index (χ2n) is 2.88. The van der Waals surface area contributed by atoms with Crippen molar-refractivity contribution >= 4 is 18.3 Å². The van der Waals surface area contributed by atoms with Crippen LogP contribution >= 0.6 is 12.2 Å². The van der Waals surface area contributed by atoms with Crippen molar-refractivity contribution < 1.29 is 14.1 Å². The van der Waals surface area contributed by atoms with E-state index in [9.17, 15) is 4.79 Å². The summed E-state index contributed by atoms with van der Waals surface area (Å²) in [6, 6.07) is 0.250. The van der Waals surface area contributed by atoms with Crippen LogP contribution in [0.15, 0.2) is 0 Å². The van der Waals surface area contributed by atoms with E-state index in [0.29, 0.717) is 19.7 Å². The minimum absolute atomic E-state index is 0.250. The van der Waals surface area contributed by atoms with Crippen molar-refractivity contribution in [3.8, 4) is 0 Å². The number of piperazine rings is 1. The van der Waals surface area contributed by atoms with Crippen LogP contribution in [-0.2, 0) is 4.18 Å². The van der Waals surface area contributed by atoms with Gasteiger partial charge in [-0.1, -0.05) is 0 Å². The molecule has 2 fully saturated rings. The van der Waals surface area contributed by atoms with Crippen LogP contribution in [0.1, 0.15) is 0 Å². The summed E-state index contributed by atoms with van der Waals surface area (Å²) in [6.07, 6.45) is -0.827.